The van der Waals surface area contributed by atoms with E-state index < -0.39 is 17.5 Å². The Kier molecular flexibility index (Phi) is 4.70. The molecule has 1 aromatic rings. The average molecular weight is 264 g/mol. The van der Waals surface area contributed by atoms with Crippen molar-refractivity contribution in [1.82, 2.24) is 0 Å². The Morgan fingerprint density at radius 3 is 2.21 bits per heavy atom. The van der Waals surface area contributed by atoms with Crippen molar-refractivity contribution in [2.75, 3.05) is 0 Å². The van der Waals surface area contributed by atoms with Crippen LogP contribution in [0.3, 0.4) is 0 Å². The summed E-state index contributed by atoms with van der Waals surface area (Å²) in [6.07, 6.45) is 0.716. The van der Waals surface area contributed by atoms with Gasteiger partial charge in [-0.25, -0.2) is 9.59 Å². The van der Waals surface area contributed by atoms with E-state index in [0.29, 0.717) is 12.3 Å². The largest absolute Gasteiger partial charge is 0.478 e. The van der Waals surface area contributed by atoms with E-state index in [1.54, 1.807) is 12.1 Å². The lowest BCUT2D eigenvalue weighted by Crippen LogP contribution is -2.30. The standard InChI is InChI=1S/C15H20O4/c1-10(2)9-15(3,4)19-14(18)12-8-6-5-7-11(12)13(16)17/h5-8,10H,9H2,1-4H3,(H,16,17). The summed E-state index contributed by atoms with van der Waals surface area (Å²) in [5.41, 5.74) is -0.559. The molecule has 0 unspecified atom stereocenters. The topological polar surface area (TPSA) is 63.6 Å². The predicted octanol–water partition coefficient (Wildman–Crippen LogP) is 3.37. The van der Waals surface area contributed by atoms with Gasteiger partial charge in [0.05, 0.1) is 11.1 Å². The van der Waals surface area contributed by atoms with E-state index in [4.69, 9.17) is 9.84 Å². The van der Waals surface area contributed by atoms with Gasteiger partial charge in [-0.2, -0.15) is 0 Å². The van der Waals surface area contributed by atoms with Crippen molar-refractivity contribution in [1.29, 1.82) is 0 Å². The summed E-state index contributed by atoms with van der Waals surface area (Å²) >= 11 is 0. The Labute approximate surface area is 113 Å². The number of carboxylic acid groups (broad SMARTS) is 1. The molecule has 0 amide bonds. The summed E-state index contributed by atoms with van der Waals surface area (Å²) in [6, 6.07) is 6.07. The lowest BCUT2D eigenvalue weighted by Gasteiger charge is -2.27. The second-order valence-corrected chi connectivity index (χ2v) is 5.60. The number of benzene rings is 1. The third-order valence-electron chi connectivity index (χ3n) is 2.65. The second kappa shape index (κ2) is 5.87. The van der Waals surface area contributed by atoms with Crippen LogP contribution in [-0.2, 0) is 4.74 Å². The van der Waals surface area contributed by atoms with E-state index in [1.165, 1.54) is 12.1 Å². The van der Waals surface area contributed by atoms with Gasteiger partial charge in [-0.15, -0.1) is 0 Å². The van der Waals surface area contributed by atoms with E-state index in [-0.39, 0.29) is 11.1 Å². The van der Waals surface area contributed by atoms with Gasteiger partial charge in [-0.05, 0) is 38.3 Å². The fourth-order valence-electron chi connectivity index (χ4n) is 2.18. The van der Waals surface area contributed by atoms with Gasteiger partial charge in [0, 0.05) is 0 Å². The van der Waals surface area contributed by atoms with Crippen LogP contribution in [0.5, 0.6) is 0 Å². The monoisotopic (exact) mass is 264 g/mol. The third-order valence-corrected chi connectivity index (χ3v) is 2.65. The first kappa shape index (κ1) is 15.2. The number of aromatic carboxylic acids is 1. The molecule has 0 aliphatic carbocycles. The second-order valence-electron chi connectivity index (χ2n) is 5.60. The average Bonchev–Trinajstić information content (AvgIpc) is 2.26. The van der Waals surface area contributed by atoms with E-state index in [2.05, 4.69) is 0 Å². The summed E-state index contributed by atoms with van der Waals surface area (Å²) in [5.74, 6) is -1.34. The summed E-state index contributed by atoms with van der Waals surface area (Å²) < 4.78 is 5.42. The highest BCUT2D eigenvalue weighted by molar-refractivity contribution is 6.02. The van der Waals surface area contributed by atoms with Crippen LogP contribution in [-0.4, -0.2) is 22.6 Å². The van der Waals surface area contributed by atoms with Gasteiger partial charge in [0.25, 0.3) is 0 Å². The van der Waals surface area contributed by atoms with Gasteiger partial charge in [-0.3, -0.25) is 0 Å². The minimum absolute atomic E-state index is 0.0344. The van der Waals surface area contributed by atoms with E-state index >= 15 is 0 Å². The molecule has 1 rings (SSSR count). The first-order chi connectivity index (χ1) is 8.73. The quantitative estimate of drug-likeness (QED) is 0.828. The van der Waals surface area contributed by atoms with Crippen LogP contribution in [0.25, 0.3) is 0 Å². The molecule has 1 aromatic carbocycles. The number of carbonyl (C=O) groups is 2. The molecule has 0 aliphatic rings. The molecular formula is C15H20O4. The molecule has 4 nitrogen and oxygen atoms in total. The van der Waals surface area contributed by atoms with Gasteiger partial charge in [0.1, 0.15) is 5.60 Å². The van der Waals surface area contributed by atoms with E-state index in [1.807, 2.05) is 27.7 Å². The number of ether oxygens (including phenoxy) is 1. The highest BCUT2D eigenvalue weighted by atomic mass is 16.6. The van der Waals surface area contributed by atoms with Gasteiger partial charge >= 0.3 is 11.9 Å². The molecule has 0 radical (unpaired) electrons. The number of hydrogen-bond acceptors (Lipinski definition) is 3. The van der Waals surface area contributed by atoms with E-state index in [0.717, 1.165) is 0 Å². The smallest absolute Gasteiger partial charge is 0.339 e. The van der Waals surface area contributed by atoms with Crippen molar-refractivity contribution in [3.05, 3.63) is 35.4 Å². The lowest BCUT2D eigenvalue weighted by molar-refractivity contribution is -0.00972. The Morgan fingerprint density at radius 2 is 1.74 bits per heavy atom. The Bertz CT molecular complexity index is 475. The van der Waals surface area contributed by atoms with Crippen molar-refractivity contribution >= 4 is 11.9 Å². The molecule has 0 saturated carbocycles. The zero-order chi connectivity index (χ0) is 14.6. The Morgan fingerprint density at radius 1 is 1.21 bits per heavy atom. The SMILES string of the molecule is CC(C)CC(C)(C)OC(=O)c1ccccc1C(=O)O. The minimum Gasteiger partial charge on any atom is -0.478 e. The minimum atomic E-state index is -1.13. The maximum atomic E-state index is 12.1. The normalized spacial score (nSPS) is 11.4. The van der Waals surface area contributed by atoms with Gasteiger partial charge in [-0.1, -0.05) is 26.0 Å². The molecule has 0 atom stereocenters. The highest BCUT2D eigenvalue weighted by Gasteiger charge is 2.26. The Balaban J connectivity index is 2.93. The molecule has 0 aliphatic heterocycles. The van der Waals surface area contributed by atoms with Crippen molar-refractivity contribution in [3.8, 4) is 0 Å². The fourth-order valence-corrected chi connectivity index (χ4v) is 2.18. The lowest BCUT2D eigenvalue weighted by atomic mass is 9.96. The molecule has 104 valence electrons. The summed E-state index contributed by atoms with van der Waals surface area (Å²) in [7, 11) is 0. The number of esters is 1. The van der Waals surface area contributed by atoms with Crippen LogP contribution in [0.15, 0.2) is 24.3 Å². The van der Waals surface area contributed by atoms with Crippen LogP contribution in [0.4, 0.5) is 0 Å². The molecule has 0 bridgehead atoms. The van der Waals surface area contributed by atoms with Crippen LogP contribution in [0.1, 0.15) is 54.8 Å². The first-order valence-corrected chi connectivity index (χ1v) is 6.28. The van der Waals surface area contributed by atoms with Gasteiger partial charge in [0.2, 0.25) is 0 Å². The van der Waals surface area contributed by atoms with Crippen molar-refractivity contribution in [3.63, 3.8) is 0 Å². The van der Waals surface area contributed by atoms with Crippen LogP contribution in [0.2, 0.25) is 0 Å². The van der Waals surface area contributed by atoms with Gasteiger partial charge < -0.3 is 9.84 Å². The Hall–Kier alpha value is -1.84. The maximum absolute atomic E-state index is 12.1. The third kappa shape index (κ3) is 4.39. The molecule has 0 spiro atoms. The molecule has 1 N–H and O–H groups in total. The summed E-state index contributed by atoms with van der Waals surface area (Å²) in [5, 5.41) is 9.05. The molecular weight excluding hydrogens is 244 g/mol. The first-order valence-electron chi connectivity index (χ1n) is 6.28. The fraction of sp³-hybridized carbons (Fsp3) is 0.467. The number of hydrogen-bond donors (Lipinski definition) is 1. The van der Waals surface area contributed by atoms with E-state index in [9.17, 15) is 9.59 Å². The van der Waals surface area contributed by atoms with Crippen LogP contribution >= 0.6 is 0 Å². The van der Waals surface area contributed by atoms with Crippen molar-refractivity contribution in [2.45, 2.75) is 39.7 Å². The number of carboxylic acids is 1. The zero-order valence-electron chi connectivity index (χ0n) is 11.8. The molecule has 0 aromatic heterocycles. The summed E-state index contributed by atoms with van der Waals surface area (Å²) in [4.78, 5) is 23.1. The van der Waals surface area contributed by atoms with Crippen molar-refractivity contribution in [2.24, 2.45) is 5.92 Å². The predicted molar refractivity (Wildman–Crippen MR) is 72.4 cm³/mol. The molecule has 0 saturated heterocycles. The molecule has 0 heterocycles. The van der Waals surface area contributed by atoms with Crippen molar-refractivity contribution < 1.29 is 19.4 Å². The maximum Gasteiger partial charge on any atom is 0.339 e. The molecule has 19 heavy (non-hydrogen) atoms. The number of carbonyl (C=O) groups excluding carboxylic acids is 1. The zero-order valence-corrected chi connectivity index (χ0v) is 11.8. The number of rotatable bonds is 5. The van der Waals surface area contributed by atoms with Gasteiger partial charge in [0.15, 0.2) is 0 Å². The van der Waals surface area contributed by atoms with Crippen LogP contribution < -0.4 is 0 Å². The van der Waals surface area contributed by atoms with Crippen LogP contribution in [0, 0.1) is 5.92 Å². The summed E-state index contributed by atoms with van der Waals surface area (Å²) in [6.45, 7) is 7.74. The molecule has 0 fully saturated rings. The highest BCUT2D eigenvalue weighted by Crippen LogP contribution is 2.22. The molecule has 4 heteroatoms.